The molecule has 0 unspecified atom stereocenters. The van der Waals surface area contributed by atoms with Crippen LogP contribution in [0, 0.1) is 11.6 Å². The van der Waals surface area contributed by atoms with E-state index in [1.165, 1.54) is 6.07 Å². The van der Waals surface area contributed by atoms with Crippen molar-refractivity contribution in [3.05, 3.63) is 53.4 Å². The van der Waals surface area contributed by atoms with Gasteiger partial charge in [0.2, 0.25) is 0 Å². The maximum atomic E-state index is 14.5. The predicted molar refractivity (Wildman–Crippen MR) is 127 cm³/mol. The summed E-state index contributed by atoms with van der Waals surface area (Å²) in [6, 6.07) is 5.87. The molecule has 0 bridgehead atoms. The summed E-state index contributed by atoms with van der Waals surface area (Å²) in [5.74, 6) is -2.83. The van der Waals surface area contributed by atoms with E-state index in [1.807, 2.05) is 10.6 Å². The number of aromatic amines is 1. The van der Waals surface area contributed by atoms with Gasteiger partial charge in [-0.05, 0) is 50.8 Å². The molecule has 2 aliphatic heterocycles. The number of nitrogens with one attached hydrogen (secondary N) is 1. The van der Waals surface area contributed by atoms with Crippen molar-refractivity contribution >= 4 is 28.0 Å². The Kier molecular flexibility index (Phi) is 5.53. The predicted octanol–water partition coefficient (Wildman–Crippen LogP) is 4.81. The van der Waals surface area contributed by atoms with Crippen molar-refractivity contribution in [2.75, 3.05) is 19.8 Å². The standard InChI is InChI=1S/C26H26F2N4O4/c1-26(25(33)34)7-4-15(13-36-26)21-22-20(10-16-12-29-31-24(16)30-22)32(17-2-3-18(27)19(28)11-17)23(21)14-5-8-35-9-6-14/h2-3,10-12,14-15H,4-9,13H2,1H3,(H,33,34)(H,29,30,31)/t15-,26+/m0/s1. The highest BCUT2D eigenvalue weighted by atomic mass is 19.2. The van der Waals surface area contributed by atoms with Gasteiger partial charge in [0.1, 0.15) is 0 Å². The first-order valence-corrected chi connectivity index (χ1v) is 12.1. The minimum Gasteiger partial charge on any atom is -0.479 e. The fourth-order valence-corrected chi connectivity index (χ4v) is 5.57. The molecule has 10 heteroatoms. The van der Waals surface area contributed by atoms with Crippen molar-refractivity contribution in [3.8, 4) is 5.69 Å². The lowest BCUT2D eigenvalue weighted by atomic mass is 9.82. The van der Waals surface area contributed by atoms with Gasteiger partial charge in [-0.25, -0.2) is 18.6 Å². The van der Waals surface area contributed by atoms with Crippen LogP contribution in [-0.2, 0) is 14.3 Å². The zero-order chi connectivity index (χ0) is 25.0. The zero-order valence-electron chi connectivity index (χ0n) is 19.8. The van der Waals surface area contributed by atoms with Gasteiger partial charge in [0.25, 0.3) is 0 Å². The molecule has 0 spiro atoms. The molecule has 8 nitrogen and oxygen atoms in total. The maximum Gasteiger partial charge on any atom is 0.335 e. The summed E-state index contributed by atoms with van der Waals surface area (Å²) >= 11 is 0. The lowest BCUT2D eigenvalue weighted by Gasteiger charge is -2.35. The molecule has 4 aromatic rings. The number of benzene rings is 1. The van der Waals surface area contributed by atoms with Gasteiger partial charge in [-0.3, -0.25) is 5.10 Å². The number of hydrogen-bond acceptors (Lipinski definition) is 5. The molecule has 3 aromatic heterocycles. The normalized spacial score (nSPS) is 23.5. The van der Waals surface area contributed by atoms with E-state index in [0.717, 1.165) is 46.6 Å². The second-order valence-electron chi connectivity index (χ2n) is 9.87. The van der Waals surface area contributed by atoms with Gasteiger partial charge in [0.05, 0.1) is 23.8 Å². The first-order valence-electron chi connectivity index (χ1n) is 12.1. The molecule has 6 rings (SSSR count). The Hall–Kier alpha value is -3.37. The molecule has 0 amide bonds. The van der Waals surface area contributed by atoms with Crippen LogP contribution in [-0.4, -0.2) is 56.2 Å². The van der Waals surface area contributed by atoms with E-state index in [0.29, 0.717) is 37.4 Å². The smallest absolute Gasteiger partial charge is 0.335 e. The van der Waals surface area contributed by atoms with E-state index in [-0.39, 0.29) is 18.4 Å². The molecule has 2 atom stereocenters. The molecule has 0 aliphatic carbocycles. The topological polar surface area (TPSA) is 102 Å². The van der Waals surface area contributed by atoms with Gasteiger partial charge in [-0.15, -0.1) is 0 Å². The van der Waals surface area contributed by atoms with Gasteiger partial charge in [-0.2, -0.15) is 5.10 Å². The Morgan fingerprint density at radius 1 is 1.17 bits per heavy atom. The number of H-pyrrole nitrogens is 1. The summed E-state index contributed by atoms with van der Waals surface area (Å²) in [5.41, 5.74) is 3.31. The SMILES string of the molecule is C[C@]1(C(=O)O)CC[C@H](c2c(C3CCOCC3)n(-c3ccc(F)c(F)c3)c3cc4cn[nH]c4nc23)CO1. The Morgan fingerprint density at radius 3 is 2.67 bits per heavy atom. The summed E-state index contributed by atoms with van der Waals surface area (Å²) in [6.45, 7) is 3.01. The summed E-state index contributed by atoms with van der Waals surface area (Å²) in [5, 5.41) is 17.5. The van der Waals surface area contributed by atoms with E-state index in [1.54, 1.807) is 19.2 Å². The number of ether oxygens (including phenoxy) is 2. The average molecular weight is 497 g/mol. The maximum absolute atomic E-state index is 14.5. The van der Waals surface area contributed by atoms with Gasteiger partial charge < -0.3 is 19.1 Å². The van der Waals surface area contributed by atoms with Crippen molar-refractivity contribution in [1.82, 2.24) is 19.7 Å². The van der Waals surface area contributed by atoms with E-state index in [4.69, 9.17) is 14.5 Å². The number of aromatic nitrogens is 4. The van der Waals surface area contributed by atoms with Crippen molar-refractivity contribution < 1.29 is 28.2 Å². The molecular weight excluding hydrogens is 470 g/mol. The summed E-state index contributed by atoms with van der Waals surface area (Å²) in [6.07, 6.45) is 4.17. The van der Waals surface area contributed by atoms with E-state index >= 15 is 0 Å². The molecular formula is C26H26F2N4O4. The molecule has 2 saturated heterocycles. The third-order valence-electron chi connectivity index (χ3n) is 7.62. The molecule has 0 saturated carbocycles. The minimum atomic E-state index is -1.24. The summed E-state index contributed by atoms with van der Waals surface area (Å²) in [7, 11) is 0. The molecule has 2 fully saturated rings. The zero-order valence-corrected chi connectivity index (χ0v) is 19.8. The Labute approximate surface area is 205 Å². The van der Waals surface area contributed by atoms with Crippen LogP contribution in [0.5, 0.6) is 0 Å². The van der Waals surface area contributed by atoms with Crippen LogP contribution in [0.3, 0.4) is 0 Å². The van der Waals surface area contributed by atoms with Crippen LogP contribution in [0.4, 0.5) is 8.78 Å². The summed E-state index contributed by atoms with van der Waals surface area (Å²) < 4.78 is 41.9. The minimum absolute atomic E-state index is 0.0975. The highest BCUT2D eigenvalue weighted by Crippen LogP contribution is 2.45. The van der Waals surface area contributed by atoms with Crippen molar-refractivity contribution in [1.29, 1.82) is 0 Å². The van der Waals surface area contributed by atoms with Crippen LogP contribution in [0.25, 0.3) is 27.8 Å². The largest absolute Gasteiger partial charge is 0.479 e. The number of carboxylic acids is 1. The Balaban J connectivity index is 1.61. The van der Waals surface area contributed by atoms with E-state index in [2.05, 4.69) is 10.2 Å². The highest BCUT2D eigenvalue weighted by Gasteiger charge is 2.41. The number of pyridine rings is 1. The van der Waals surface area contributed by atoms with Crippen LogP contribution in [0.2, 0.25) is 0 Å². The van der Waals surface area contributed by atoms with Crippen molar-refractivity contribution in [2.24, 2.45) is 0 Å². The second-order valence-corrected chi connectivity index (χ2v) is 9.87. The van der Waals surface area contributed by atoms with Crippen LogP contribution < -0.4 is 0 Å². The lowest BCUT2D eigenvalue weighted by Crippen LogP contribution is -2.43. The van der Waals surface area contributed by atoms with E-state index in [9.17, 15) is 18.7 Å². The first-order chi connectivity index (χ1) is 17.4. The monoisotopic (exact) mass is 496 g/mol. The average Bonchev–Trinajstić information content (AvgIpc) is 3.47. The fourth-order valence-electron chi connectivity index (χ4n) is 5.57. The third kappa shape index (κ3) is 3.67. The van der Waals surface area contributed by atoms with Crippen LogP contribution >= 0.6 is 0 Å². The molecule has 1 aromatic carbocycles. The number of carbonyl (C=O) groups is 1. The fraction of sp³-hybridized carbons (Fsp3) is 0.423. The van der Waals surface area contributed by atoms with Crippen molar-refractivity contribution in [3.63, 3.8) is 0 Å². The number of aliphatic carboxylic acids is 1. The summed E-state index contributed by atoms with van der Waals surface area (Å²) in [4.78, 5) is 16.7. The molecule has 0 radical (unpaired) electrons. The number of fused-ring (bicyclic) bond motifs is 2. The first kappa shape index (κ1) is 23.1. The second kappa shape index (κ2) is 8.63. The number of rotatable bonds is 4. The Bertz CT molecular complexity index is 1470. The van der Waals surface area contributed by atoms with Crippen molar-refractivity contribution in [2.45, 2.75) is 50.0 Å². The number of nitrogens with zero attached hydrogens (tertiary/aromatic N) is 3. The molecule has 2 aliphatic rings. The number of hydrogen-bond donors (Lipinski definition) is 2. The number of halogens is 2. The molecule has 2 N–H and O–H groups in total. The quantitative estimate of drug-likeness (QED) is 0.420. The third-order valence-corrected chi connectivity index (χ3v) is 7.62. The molecule has 5 heterocycles. The Morgan fingerprint density at radius 2 is 1.97 bits per heavy atom. The lowest BCUT2D eigenvalue weighted by molar-refractivity contribution is -0.170. The van der Waals surface area contributed by atoms with Crippen LogP contribution in [0.1, 0.15) is 55.7 Å². The van der Waals surface area contributed by atoms with Crippen LogP contribution in [0.15, 0.2) is 30.5 Å². The highest BCUT2D eigenvalue weighted by molar-refractivity contribution is 5.93. The number of carboxylic acid groups (broad SMARTS) is 1. The molecule has 188 valence electrons. The van der Waals surface area contributed by atoms with E-state index < -0.39 is 23.2 Å². The van der Waals surface area contributed by atoms with Gasteiger partial charge in [-0.1, -0.05) is 0 Å². The molecule has 36 heavy (non-hydrogen) atoms. The van der Waals surface area contributed by atoms with Gasteiger partial charge in [0.15, 0.2) is 22.9 Å². The van der Waals surface area contributed by atoms with Gasteiger partial charge in [0, 0.05) is 53.4 Å². The van der Waals surface area contributed by atoms with Gasteiger partial charge >= 0.3 is 5.97 Å².